The Hall–Kier alpha value is -3.41. The fourth-order valence-corrected chi connectivity index (χ4v) is 2.28. The first-order chi connectivity index (χ1) is 12.2. The first-order valence-electron chi connectivity index (χ1n) is 7.87. The van der Waals surface area contributed by atoms with Crippen LogP contribution in [0.15, 0.2) is 71.5 Å². The molecule has 0 radical (unpaired) electrons. The molecule has 25 heavy (non-hydrogen) atoms. The van der Waals surface area contributed by atoms with E-state index >= 15 is 0 Å². The molecule has 0 saturated heterocycles. The highest BCUT2D eigenvalue weighted by Gasteiger charge is 2.11. The second-order valence-corrected chi connectivity index (χ2v) is 5.22. The molecule has 6 heteroatoms. The number of rotatable bonds is 5. The smallest absolute Gasteiger partial charge is 0.276 e. The second kappa shape index (κ2) is 7.44. The third-order valence-corrected chi connectivity index (χ3v) is 3.46. The Morgan fingerprint density at radius 2 is 1.76 bits per heavy atom. The lowest BCUT2D eigenvalue weighted by Crippen LogP contribution is -2.24. The molecule has 0 aliphatic carbocycles. The van der Waals surface area contributed by atoms with Gasteiger partial charge in [0, 0.05) is 11.8 Å². The summed E-state index contributed by atoms with van der Waals surface area (Å²) < 4.78 is 6.57. The highest BCUT2D eigenvalue weighted by molar-refractivity contribution is 6.02. The molecule has 0 fully saturated rings. The Kier molecular flexibility index (Phi) is 4.89. The molecular weight excluding hydrogens is 318 g/mol. The number of nitrogens with one attached hydrogen (secondary N) is 1. The highest BCUT2D eigenvalue weighted by atomic mass is 16.5. The predicted octanol–water partition coefficient (Wildman–Crippen LogP) is 2.88. The average Bonchev–Trinajstić information content (AvgIpc) is 2.64. The molecule has 0 unspecified atom stereocenters. The summed E-state index contributed by atoms with van der Waals surface area (Å²) in [5, 5.41) is 6.91. The van der Waals surface area contributed by atoms with Gasteiger partial charge in [-0.1, -0.05) is 18.2 Å². The van der Waals surface area contributed by atoms with Crippen LogP contribution in [0.5, 0.6) is 5.75 Å². The van der Waals surface area contributed by atoms with Crippen molar-refractivity contribution in [2.45, 2.75) is 6.92 Å². The minimum Gasteiger partial charge on any atom is -0.494 e. The van der Waals surface area contributed by atoms with Crippen molar-refractivity contribution in [3.05, 3.63) is 82.8 Å². The Balaban J connectivity index is 1.82. The van der Waals surface area contributed by atoms with Crippen LogP contribution in [0, 0.1) is 0 Å². The largest absolute Gasteiger partial charge is 0.494 e. The zero-order valence-electron chi connectivity index (χ0n) is 13.7. The number of aromatic nitrogens is 2. The van der Waals surface area contributed by atoms with Gasteiger partial charge >= 0.3 is 0 Å². The summed E-state index contributed by atoms with van der Waals surface area (Å²) in [6.45, 7) is 2.49. The molecule has 0 bridgehead atoms. The zero-order valence-corrected chi connectivity index (χ0v) is 13.7. The lowest BCUT2D eigenvalue weighted by molar-refractivity contribution is 0.102. The number of anilines is 1. The molecule has 0 saturated carbocycles. The van der Waals surface area contributed by atoms with Crippen molar-refractivity contribution in [3.8, 4) is 11.4 Å². The lowest BCUT2D eigenvalue weighted by atomic mass is 10.3. The summed E-state index contributed by atoms with van der Waals surface area (Å²) in [7, 11) is 0. The Morgan fingerprint density at radius 1 is 1.04 bits per heavy atom. The van der Waals surface area contributed by atoms with Crippen LogP contribution in [0.25, 0.3) is 5.69 Å². The summed E-state index contributed by atoms with van der Waals surface area (Å²) in [6, 6.07) is 18.7. The van der Waals surface area contributed by atoms with Gasteiger partial charge in [0.05, 0.1) is 12.3 Å². The van der Waals surface area contributed by atoms with Gasteiger partial charge in [-0.2, -0.15) is 9.78 Å². The van der Waals surface area contributed by atoms with Crippen molar-refractivity contribution < 1.29 is 9.53 Å². The van der Waals surface area contributed by atoms with Crippen LogP contribution in [0.3, 0.4) is 0 Å². The maximum absolute atomic E-state index is 12.4. The van der Waals surface area contributed by atoms with Crippen molar-refractivity contribution >= 4 is 11.6 Å². The van der Waals surface area contributed by atoms with E-state index in [1.807, 2.05) is 13.0 Å². The fourth-order valence-electron chi connectivity index (χ4n) is 2.28. The Labute approximate surface area is 144 Å². The Morgan fingerprint density at radius 3 is 2.44 bits per heavy atom. The van der Waals surface area contributed by atoms with E-state index < -0.39 is 5.91 Å². The molecule has 0 atom stereocenters. The monoisotopic (exact) mass is 335 g/mol. The summed E-state index contributed by atoms with van der Waals surface area (Å²) >= 11 is 0. The highest BCUT2D eigenvalue weighted by Crippen LogP contribution is 2.16. The van der Waals surface area contributed by atoms with Crippen LogP contribution < -0.4 is 15.6 Å². The van der Waals surface area contributed by atoms with Crippen molar-refractivity contribution in [2.24, 2.45) is 0 Å². The number of ether oxygens (including phenoxy) is 1. The number of benzene rings is 2. The van der Waals surface area contributed by atoms with Crippen LogP contribution in [0.1, 0.15) is 17.4 Å². The summed E-state index contributed by atoms with van der Waals surface area (Å²) in [4.78, 5) is 24.4. The molecule has 1 amide bonds. The molecule has 0 aliphatic rings. The molecule has 3 rings (SSSR count). The van der Waals surface area contributed by atoms with E-state index in [4.69, 9.17) is 4.74 Å². The van der Waals surface area contributed by atoms with Crippen LogP contribution in [-0.4, -0.2) is 22.3 Å². The molecule has 126 valence electrons. The molecule has 1 aromatic heterocycles. The van der Waals surface area contributed by atoms with Gasteiger partial charge in [-0.15, -0.1) is 0 Å². The number of carbonyl (C=O) groups excluding carboxylic acids is 1. The predicted molar refractivity (Wildman–Crippen MR) is 95.4 cm³/mol. The SMILES string of the molecule is CCOc1ccc(NC(=O)c2ccc(=O)n(-c3ccccc3)n2)cc1. The normalized spacial score (nSPS) is 10.3. The zero-order chi connectivity index (χ0) is 17.6. The maximum Gasteiger partial charge on any atom is 0.276 e. The van der Waals surface area contributed by atoms with Crippen molar-refractivity contribution in [1.82, 2.24) is 9.78 Å². The maximum atomic E-state index is 12.4. The van der Waals surface area contributed by atoms with Crippen LogP contribution in [-0.2, 0) is 0 Å². The van der Waals surface area contributed by atoms with Gasteiger partial charge in [0.2, 0.25) is 0 Å². The van der Waals surface area contributed by atoms with Crippen LogP contribution in [0.2, 0.25) is 0 Å². The molecule has 1 heterocycles. The minimum atomic E-state index is -0.395. The number of para-hydroxylation sites is 1. The first-order valence-corrected chi connectivity index (χ1v) is 7.87. The molecule has 3 aromatic rings. The molecule has 1 N–H and O–H groups in total. The standard InChI is InChI=1S/C19H17N3O3/c1-2-25-16-10-8-14(9-11-16)20-19(24)17-12-13-18(23)22(21-17)15-6-4-3-5-7-15/h3-13H,2H2,1H3,(H,20,24). The van der Waals surface area contributed by atoms with Gasteiger partial charge in [-0.05, 0) is 49.4 Å². The Bertz CT molecular complexity index is 919. The topological polar surface area (TPSA) is 73.2 Å². The van der Waals surface area contributed by atoms with Crippen molar-refractivity contribution in [1.29, 1.82) is 0 Å². The van der Waals surface area contributed by atoms with Gasteiger partial charge in [0.15, 0.2) is 0 Å². The van der Waals surface area contributed by atoms with E-state index in [1.165, 1.54) is 16.8 Å². The molecule has 0 aliphatic heterocycles. The first kappa shape index (κ1) is 16.4. The number of nitrogens with zero attached hydrogens (tertiary/aromatic N) is 2. The van der Waals surface area contributed by atoms with Crippen LogP contribution in [0.4, 0.5) is 5.69 Å². The summed E-state index contributed by atoms with van der Waals surface area (Å²) in [6.07, 6.45) is 0. The van der Waals surface area contributed by atoms with Gasteiger partial charge < -0.3 is 10.1 Å². The van der Waals surface area contributed by atoms with E-state index in [0.29, 0.717) is 18.0 Å². The number of amides is 1. The quantitative estimate of drug-likeness (QED) is 0.778. The van der Waals surface area contributed by atoms with E-state index in [9.17, 15) is 9.59 Å². The molecule has 0 spiro atoms. The van der Waals surface area contributed by atoms with Crippen LogP contribution >= 0.6 is 0 Å². The minimum absolute atomic E-state index is 0.150. The third-order valence-electron chi connectivity index (χ3n) is 3.46. The van der Waals surface area contributed by atoms with Gasteiger partial charge in [0.25, 0.3) is 11.5 Å². The second-order valence-electron chi connectivity index (χ2n) is 5.22. The molecule has 6 nitrogen and oxygen atoms in total. The van der Waals surface area contributed by atoms with Gasteiger partial charge in [-0.25, -0.2) is 0 Å². The van der Waals surface area contributed by atoms with E-state index in [0.717, 1.165) is 5.75 Å². The van der Waals surface area contributed by atoms with Crippen molar-refractivity contribution in [2.75, 3.05) is 11.9 Å². The number of carbonyl (C=O) groups is 1. The summed E-state index contributed by atoms with van der Waals surface area (Å²) in [5.41, 5.74) is 1.07. The molecule has 2 aromatic carbocycles. The average molecular weight is 335 g/mol. The third kappa shape index (κ3) is 3.92. The van der Waals surface area contributed by atoms with E-state index in [2.05, 4.69) is 10.4 Å². The van der Waals surface area contributed by atoms with Crippen molar-refractivity contribution in [3.63, 3.8) is 0 Å². The van der Waals surface area contributed by atoms with E-state index in [1.54, 1.807) is 48.5 Å². The number of hydrogen-bond donors (Lipinski definition) is 1. The molecular formula is C19H17N3O3. The van der Waals surface area contributed by atoms with Gasteiger partial charge in [0.1, 0.15) is 11.4 Å². The lowest BCUT2D eigenvalue weighted by Gasteiger charge is -2.08. The summed E-state index contributed by atoms with van der Waals surface area (Å²) in [5.74, 6) is 0.338. The number of hydrogen-bond acceptors (Lipinski definition) is 4. The fraction of sp³-hybridized carbons (Fsp3) is 0.105. The van der Waals surface area contributed by atoms with E-state index in [-0.39, 0.29) is 11.3 Å². The van der Waals surface area contributed by atoms with Gasteiger partial charge in [-0.3, -0.25) is 9.59 Å².